The summed E-state index contributed by atoms with van der Waals surface area (Å²) in [5.41, 5.74) is 3.30. The summed E-state index contributed by atoms with van der Waals surface area (Å²) in [6.45, 7) is 1.73. The van der Waals surface area contributed by atoms with Crippen LogP contribution in [0.1, 0.15) is 23.1 Å². The zero-order chi connectivity index (χ0) is 27.7. The average Bonchev–Trinajstić information content (AvgIpc) is 3.43. The van der Waals surface area contributed by atoms with Crippen LogP contribution in [0.4, 0.5) is 0 Å². The van der Waals surface area contributed by atoms with Crippen LogP contribution >= 0.6 is 0 Å². The first-order valence-corrected chi connectivity index (χ1v) is 14.3. The van der Waals surface area contributed by atoms with E-state index in [0.717, 1.165) is 22.4 Å². The summed E-state index contributed by atoms with van der Waals surface area (Å²) in [6.07, 6.45) is -1.36. The molecule has 4 aromatic carbocycles. The highest BCUT2D eigenvalue weighted by molar-refractivity contribution is 5.21. The van der Waals surface area contributed by atoms with Crippen LogP contribution in [0, 0.1) is 5.92 Å². The molecule has 6 heteroatoms. The third-order valence-electron chi connectivity index (χ3n) is 7.50. The Morgan fingerprint density at radius 3 is 1.66 bits per heavy atom. The molecule has 0 bridgehead atoms. The van der Waals surface area contributed by atoms with Gasteiger partial charge in [0, 0.05) is 12.3 Å². The normalized spacial score (nSPS) is 25.5. The molecular weight excluding hydrogens is 516 g/mol. The van der Waals surface area contributed by atoms with Gasteiger partial charge in [-0.15, -0.1) is 0 Å². The maximum Gasteiger partial charge on any atom is 0.203 e. The van der Waals surface area contributed by atoms with Gasteiger partial charge in [0.2, 0.25) is 6.29 Å². The maximum atomic E-state index is 6.68. The van der Waals surface area contributed by atoms with E-state index in [2.05, 4.69) is 36.4 Å². The molecule has 2 aliphatic heterocycles. The van der Waals surface area contributed by atoms with Crippen molar-refractivity contribution in [1.29, 1.82) is 0 Å². The average molecular weight is 553 g/mol. The molecule has 0 spiro atoms. The van der Waals surface area contributed by atoms with Gasteiger partial charge in [0.15, 0.2) is 6.29 Å². The number of hydrogen-bond donors (Lipinski definition) is 0. The predicted octanol–water partition coefficient (Wildman–Crippen LogP) is 6.54. The lowest BCUT2D eigenvalue weighted by Gasteiger charge is -2.43. The first-order valence-electron chi connectivity index (χ1n) is 14.3. The monoisotopic (exact) mass is 552 g/mol. The molecule has 0 radical (unpaired) electrons. The van der Waals surface area contributed by atoms with Crippen molar-refractivity contribution in [2.24, 2.45) is 5.92 Å². The van der Waals surface area contributed by atoms with Crippen LogP contribution in [0.15, 0.2) is 121 Å². The minimum absolute atomic E-state index is 0.0708. The van der Waals surface area contributed by atoms with E-state index < -0.39 is 12.6 Å². The van der Waals surface area contributed by atoms with Crippen molar-refractivity contribution in [3.8, 4) is 5.75 Å². The maximum absolute atomic E-state index is 6.68. The summed E-state index contributed by atoms with van der Waals surface area (Å²) in [4.78, 5) is 0. The fourth-order valence-corrected chi connectivity index (χ4v) is 5.45. The van der Waals surface area contributed by atoms with Crippen molar-refractivity contribution in [1.82, 2.24) is 0 Å². The van der Waals surface area contributed by atoms with Gasteiger partial charge in [-0.05, 0) is 28.8 Å². The standard InChI is InChI=1S/C35H36O6/c1-5-13-26(14-6-1)22-36-25-31-34(38-24-28-17-9-3-10-18-28)33(37-23-27-15-7-2-8-16-27)30-21-32(41-35(30)40-31)39-29-19-11-4-12-20-29/h1-20,30-35H,21-25H2/t30-,31-,32-,33-,34-,35-/m1/s1. The lowest BCUT2D eigenvalue weighted by molar-refractivity contribution is -0.293. The van der Waals surface area contributed by atoms with Gasteiger partial charge in [-0.25, -0.2) is 0 Å². The van der Waals surface area contributed by atoms with E-state index in [4.69, 9.17) is 28.4 Å². The number of ether oxygens (including phenoxy) is 6. The molecule has 2 heterocycles. The molecular formula is C35H36O6. The van der Waals surface area contributed by atoms with Crippen LogP contribution in [0.3, 0.4) is 0 Å². The zero-order valence-electron chi connectivity index (χ0n) is 23.0. The Kier molecular flexibility index (Phi) is 9.37. The minimum atomic E-state index is -0.494. The van der Waals surface area contributed by atoms with Crippen molar-refractivity contribution < 1.29 is 28.4 Å². The molecule has 2 saturated heterocycles. The summed E-state index contributed by atoms with van der Waals surface area (Å²) in [6, 6.07) is 40.3. The lowest BCUT2D eigenvalue weighted by Crippen LogP contribution is -2.56. The van der Waals surface area contributed by atoms with E-state index in [9.17, 15) is 0 Å². The van der Waals surface area contributed by atoms with Gasteiger partial charge < -0.3 is 28.4 Å². The summed E-state index contributed by atoms with van der Waals surface area (Å²) < 4.78 is 38.6. The molecule has 212 valence electrons. The van der Waals surface area contributed by atoms with E-state index in [1.165, 1.54) is 0 Å². The van der Waals surface area contributed by atoms with E-state index in [1.54, 1.807) is 0 Å². The van der Waals surface area contributed by atoms with Gasteiger partial charge in [-0.1, -0.05) is 109 Å². The molecule has 0 unspecified atom stereocenters. The van der Waals surface area contributed by atoms with Crippen molar-refractivity contribution in [2.75, 3.05) is 6.61 Å². The van der Waals surface area contributed by atoms with E-state index in [0.29, 0.717) is 32.8 Å². The third-order valence-corrected chi connectivity index (χ3v) is 7.50. The molecule has 2 aliphatic rings. The summed E-state index contributed by atoms with van der Waals surface area (Å²) in [5, 5.41) is 0. The number of rotatable bonds is 12. The van der Waals surface area contributed by atoms with Gasteiger partial charge in [0.05, 0.1) is 32.5 Å². The Balaban J connectivity index is 1.22. The second-order valence-electron chi connectivity index (χ2n) is 10.5. The van der Waals surface area contributed by atoms with Gasteiger partial charge in [-0.3, -0.25) is 0 Å². The molecule has 0 amide bonds. The Hall–Kier alpha value is -3.52. The molecule has 6 atom stereocenters. The van der Waals surface area contributed by atoms with E-state index in [-0.39, 0.29) is 24.2 Å². The fourth-order valence-electron chi connectivity index (χ4n) is 5.45. The molecule has 41 heavy (non-hydrogen) atoms. The Morgan fingerprint density at radius 1 is 0.561 bits per heavy atom. The highest BCUT2D eigenvalue weighted by Gasteiger charge is 2.53. The van der Waals surface area contributed by atoms with Crippen molar-refractivity contribution in [2.45, 2.75) is 57.1 Å². The molecule has 0 saturated carbocycles. The van der Waals surface area contributed by atoms with Crippen LogP contribution in [0.25, 0.3) is 0 Å². The van der Waals surface area contributed by atoms with Crippen LogP contribution in [-0.4, -0.2) is 37.5 Å². The minimum Gasteiger partial charge on any atom is -0.465 e. The third kappa shape index (κ3) is 7.41. The van der Waals surface area contributed by atoms with Gasteiger partial charge in [-0.2, -0.15) is 0 Å². The Bertz CT molecular complexity index is 1300. The lowest BCUT2D eigenvalue weighted by atomic mass is 9.89. The molecule has 0 aliphatic carbocycles. The summed E-state index contributed by atoms with van der Waals surface area (Å²) >= 11 is 0. The first kappa shape index (κ1) is 27.6. The van der Waals surface area contributed by atoms with E-state index >= 15 is 0 Å². The first-order chi connectivity index (χ1) is 20.3. The van der Waals surface area contributed by atoms with Gasteiger partial charge in [0.25, 0.3) is 0 Å². The molecule has 2 fully saturated rings. The molecule has 0 aromatic heterocycles. The summed E-state index contributed by atoms with van der Waals surface area (Å²) in [7, 11) is 0. The molecule has 6 nitrogen and oxygen atoms in total. The smallest absolute Gasteiger partial charge is 0.203 e. The van der Waals surface area contributed by atoms with E-state index in [1.807, 2.05) is 84.9 Å². The highest BCUT2D eigenvalue weighted by atomic mass is 16.8. The number of benzene rings is 4. The van der Waals surface area contributed by atoms with Gasteiger partial charge >= 0.3 is 0 Å². The zero-order valence-corrected chi connectivity index (χ0v) is 23.0. The number of hydrogen-bond acceptors (Lipinski definition) is 6. The molecule has 6 rings (SSSR count). The Labute approximate surface area is 241 Å². The van der Waals surface area contributed by atoms with Crippen LogP contribution in [0.2, 0.25) is 0 Å². The van der Waals surface area contributed by atoms with Crippen LogP contribution < -0.4 is 4.74 Å². The highest BCUT2D eigenvalue weighted by Crippen LogP contribution is 2.41. The second kappa shape index (κ2) is 13.9. The van der Waals surface area contributed by atoms with Crippen molar-refractivity contribution in [3.05, 3.63) is 138 Å². The molecule has 0 N–H and O–H groups in total. The predicted molar refractivity (Wildman–Crippen MR) is 155 cm³/mol. The largest absolute Gasteiger partial charge is 0.465 e. The van der Waals surface area contributed by atoms with Crippen LogP contribution in [0.5, 0.6) is 5.75 Å². The SMILES string of the molecule is c1ccc(COC[C@H]2O[C@@H]3O[C@@H](Oc4ccccc4)C[C@@H]3[C@@H](OCc3ccccc3)[C@@H]2OCc2ccccc2)cc1. The Morgan fingerprint density at radius 2 is 1.07 bits per heavy atom. The quantitative estimate of drug-likeness (QED) is 0.199. The fraction of sp³-hybridized carbons (Fsp3) is 0.314. The molecule has 4 aromatic rings. The van der Waals surface area contributed by atoms with Crippen molar-refractivity contribution >= 4 is 0 Å². The number of fused-ring (bicyclic) bond motifs is 1. The van der Waals surface area contributed by atoms with Gasteiger partial charge in [0.1, 0.15) is 18.0 Å². The second-order valence-corrected chi connectivity index (χ2v) is 10.5. The summed E-state index contributed by atoms with van der Waals surface area (Å²) in [5.74, 6) is 0.691. The topological polar surface area (TPSA) is 55.4 Å². The number of para-hydroxylation sites is 1. The van der Waals surface area contributed by atoms with Crippen LogP contribution in [-0.2, 0) is 43.5 Å². The van der Waals surface area contributed by atoms with Crippen molar-refractivity contribution in [3.63, 3.8) is 0 Å².